The predicted octanol–water partition coefficient (Wildman–Crippen LogP) is 5.26. The lowest BCUT2D eigenvalue weighted by molar-refractivity contribution is -0.122. The van der Waals surface area contributed by atoms with Crippen LogP contribution in [0.1, 0.15) is 49.1 Å². The number of benzene rings is 1. The molecule has 2 aromatic rings. The summed E-state index contributed by atoms with van der Waals surface area (Å²) in [5, 5.41) is 11.8. The molecule has 2 heterocycles. The number of thiocarbonyl (C=S) groups is 1. The number of rotatable bonds is 9. The van der Waals surface area contributed by atoms with Crippen LogP contribution in [0.3, 0.4) is 0 Å². The fourth-order valence-corrected chi connectivity index (χ4v) is 6.13. The van der Waals surface area contributed by atoms with Gasteiger partial charge in [-0.3, -0.25) is 14.5 Å². The Balaban J connectivity index is 1.36. The highest BCUT2D eigenvalue weighted by molar-refractivity contribution is 8.26. The van der Waals surface area contributed by atoms with E-state index in [-0.39, 0.29) is 30.9 Å². The summed E-state index contributed by atoms with van der Waals surface area (Å²) in [4.78, 5) is 27.3. The van der Waals surface area contributed by atoms with Crippen molar-refractivity contribution in [1.82, 2.24) is 15.1 Å². The third kappa shape index (κ3) is 6.56. The fourth-order valence-electron chi connectivity index (χ4n) is 3.78. The Bertz CT molecular complexity index is 1080. The number of nitrogens with one attached hydrogen (secondary N) is 1. The average Bonchev–Trinajstić information content (AvgIpc) is 3.38. The second-order valence-corrected chi connectivity index (χ2v) is 11.1. The van der Waals surface area contributed by atoms with Gasteiger partial charge in [0.1, 0.15) is 15.1 Å². The molecule has 2 amide bonds. The lowest BCUT2D eigenvalue weighted by Crippen LogP contribution is -2.31. The van der Waals surface area contributed by atoms with Crippen LogP contribution in [0.2, 0.25) is 0 Å². The standard InChI is InChI=1S/C23H25ClN4O3S3/c24-12-10-20-26-27-22(34-20)25-19(29)11-13-28-21(30)18(33-23(28)32)14-15-6-4-5-9-17(15)31-16-7-2-1-3-8-16/h4-6,9,14,16H,1-3,7-8,10-13H2,(H,25,27,29)/b18-14-. The number of para-hydroxylation sites is 1. The van der Waals surface area contributed by atoms with Crippen LogP contribution in [-0.4, -0.2) is 49.8 Å². The monoisotopic (exact) mass is 536 g/mol. The number of carbonyl (C=O) groups is 2. The Morgan fingerprint density at radius 1 is 1.26 bits per heavy atom. The molecule has 0 spiro atoms. The Labute approximate surface area is 217 Å². The molecule has 1 aromatic carbocycles. The molecule has 180 valence electrons. The first-order valence-electron chi connectivity index (χ1n) is 11.2. The highest BCUT2D eigenvalue weighted by Gasteiger charge is 2.32. The van der Waals surface area contributed by atoms with Gasteiger partial charge in [0, 0.05) is 30.8 Å². The van der Waals surface area contributed by atoms with E-state index in [9.17, 15) is 9.59 Å². The highest BCUT2D eigenvalue weighted by Crippen LogP contribution is 2.35. The van der Waals surface area contributed by atoms with E-state index in [0.29, 0.717) is 26.7 Å². The molecule has 11 heteroatoms. The molecular formula is C23H25ClN4O3S3. The number of aromatic nitrogens is 2. The van der Waals surface area contributed by atoms with Crippen LogP contribution in [0.25, 0.3) is 6.08 Å². The van der Waals surface area contributed by atoms with Crippen molar-refractivity contribution in [1.29, 1.82) is 0 Å². The van der Waals surface area contributed by atoms with Gasteiger partial charge in [0.05, 0.1) is 11.0 Å². The average molecular weight is 537 g/mol. The molecule has 1 aromatic heterocycles. The van der Waals surface area contributed by atoms with Crippen LogP contribution in [0.4, 0.5) is 5.13 Å². The maximum atomic E-state index is 13.0. The zero-order valence-corrected chi connectivity index (χ0v) is 21.7. The van der Waals surface area contributed by atoms with Gasteiger partial charge in [-0.1, -0.05) is 59.9 Å². The fraction of sp³-hybridized carbons (Fsp3) is 0.435. The number of carbonyl (C=O) groups excluding carboxylic acids is 2. The van der Waals surface area contributed by atoms with Gasteiger partial charge in [-0.05, 0) is 37.8 Å². The topological polar surface area (TPSA) is 84.4 Å². The molecule has 1 saturated carbocycles. The second kappa shape index (κ2) is 12.1. The predicted molar refractivity (Wildman–Crippen MR) is 141 cm³/mol. The normalized spacial score (nSPS) is 18.0. The summed E-state index contributed by atoms with van der Waals surface area (Å²) in [6, 6.07) is 7.75. The minimum absolute atomic E-state index is 0.103. The van der Waals surface area contributed by atoms with E-state index in [1.54, 1.807) is 0 Å². The number of ether oxygens (including phenoxy) is 1. The van der Waals surface area contributed by atoms with Crippen LogP contribution in [0.15, 0.2) is 29.2 Å². The summed E-state index contributed by atoms with van der Waals surface area (Å²) in [7, 11) is 0. The Kier molecular flexibility index (Phi) is 8.93. The van der Waals surface area contributed by atoms with E-state index < -0.39 is 0 Å². The Morgan fingerprint density at radius 2 is 2.06 bits per heavy atom. The number of aryl methyl sites for hydroxylation is 1. The van der Waals surface area contributed by atoms with Crippen molar-refractivity contribution in [3.8, 4) is 5.75 Å². The minimum Gasteiger partial charge on any atom is -0.490 e. The smallest absolute Gasteiger partial charge is 0.266 e. The van der Waals surface area contributed by atoms with E-state index >= 15 is 0 Å². The van der Waals surface area contributed by atoms with Crippen molar-refractivity contribution in [2.75, 3.05) is 17.7 Å². The van der Waals surface area contributed by atoms with Gasteiger partial charge >= 0.3 is 0 Å². The van der Waals surface area contributed by atoms with E-state index in [0.717, 1.165) is 29.2 Å². The van der Waals surface area contributed by atoms with Crippen LogP contribution in [0.5, 0.6) is 5.75 Å². The molecule has 2 fully saturated rings. The summed E-state index contributed by atoms with van der Waals surface area (Å²) < 4.78 is 6.70. The SMILES string of the molecule is O=C(CCN1C(=O)/C(=C/c2ccccc2OC2CCCCC2)SC1=S)Nc1nnc(CCCl)s1. The van der Waals surface area contributed by atoms with Gasteiger partial charge in [-0.25, -0.2) is 0 Å². The number of nitrogens with zero attached hydrogens (tertiary/aromatic N) is 3. The summed E-state index contributed by atoms with van der Waals surface area (Å²) in [5.41, 5.74) is 0.857. The number of alkyl halides is 1. The first-order valence-corrected chi connectivity index (χ1v) is 13.8. The molecule has 1 aliphatic carbocycles. The van der Waals surface area contributed by atoms with Crippen LogP contribution >= 0.6 is 46.9 Å². The number of anilines is 1. The third-order valence-corrected chi connectivity index (χ3v) is 7.97. The lowest BCUT2D eigenvalue weighted by atomic mass is 9.97. The molecular weight excluding hydrogens is 512 g/mol. The van der Waals surface area contributed by atoms with Gasteiger partial charge in [0.25, 0.3) is 5.91 Å². The summed E-state index contributed by atoms with van der Waals surface area (Å²) >= 11 is 13.7. The zero-order chi connectivity index (χ0) is 23.9. The summed E-state index contributed by atoms with van der Waals surface area (Å²) in [5.74, 6) is 0.778. The quantitative estimate of drug-likeness (QED) is 0.266. The second-order valence-electron chi connectivity index (χ2n) is 7.99. The number of hydrogen-bond donors (Lipinski definition) is 1. The maximum absolute atomic E-state index is 13.0. The van der Waals surface area contributed by atoms with Crippen molar-refractivity contribution in [3.05, 3.63) is 39.7 Å². The highest BCUT2D eigenvalue weighted by atomic mass is 35.5. The van der Waals surface area contributed by atoms with E-state index in [4.69, 9.17) is 28.6 Å². The molecule has 4 rings (SSSR count). The minimum atomic E-state index is -0.252. The molecule has 34 heavy (non-hydrogen) atoms. The van der Waals surface area contributed by atoms with Crippen LogP contribution in [-0.2, 0) is 16.0 Å². The van der Waals surface area contributed by atoms with Crippen molar-refractivity contribution in [2.24, 2.45) is 0 Å². The van der Waals surface area contributed by atoms with Crippen LogP contribution in [0, 0.1) is 0 Å². The maximum Gasteiger partial charge on any atom is 0.266 e. The van der Waals surface area contributed by atoms with E-state index in [1.165, 1.54) is 47.3 Å². The molecule has 7 nitrogen and oxygen atoms in total. The van der Waals surface area contributed by atoms with Crippen molar-refractivity contribution in [3.63, 3.8) is 0 Å². The number of hydrogen-bond acceptors (Lipinski definition) is 8. The summed E-state index contributed by atoms with van der Waals surface area (Å²) in [6.07, 6.45) is 8.51. The van der Waals surface area contributed by atoms with Gasteiger partial charge in [-0.15, -0.1) is 21.8 Å². The van der Waals surface area contributed by atoms with E-state index in [2.05, 4.69) is 15.5 Å². The largest absolute Gasteiger partial charge is 0.490 e. The van der Waals surface area contributed by atoms with E-state index in [1.807, 2.05) is 30.3 Å². The Hall–Kier alpha value is -2.01. The summed E-state index contributed by atoms with van der Waals surface area (Å²) in [6.45, 7) is 0.196. The van der Waals surface area contributed by atoms with Gasteiger partial charge in [0.2, 0.25) is 11.0 Å². The molecule has 0 radical (unpaired) electrons. The number of amides is 2. The molecule has 0 atom stereocenters. The van der Waals surface area contributed by atoms with Gasteiger partial charge in [0.15, 0.2) is 0 Å². The first-order chi connectivity index (χ1) is 16.5. The number of halogens is 1. The lowest BCUT2D eigenvalue weighted by Gasteiger charge is -2.23. The molecule has 1 aliphatic heterocycles. The first kappa shape index (κ1) is 25.1. The van der Waals surface area contributed by atoms with Crippen LogP contribution < -0.4 is 10.1 Å². The van der Waals surface area contributed by atoms with Gasteiger partial charge < -0.3 is 10.1 Å². The van der Waals surface area contributed by atoms with Crippen molar-refractivity contribution in [2.45, 2.75) is 51.0 Å². The number of thioether (sulfide) groups is 1. The molecule has 0 bridgehead atoms. The van der Waals surface area contributed by atoms with Crippen molar-refractivity contribution < 1.29 is 14.3 Å². The molecule has 1 N–H and O–H groups in total. The Morgan fingerprint density at radius 3 is 2.85 bits per heavy atom. The molecule has 0 unspecified atom stereocenters. The molecule has 1 saturated heterocycles. The van der Waals surface area contributed by atoms with Crippen molar-refractivity contribution >= 4 is 74.3 Å². The molecule has 2 aliphatic rings. The third-order valence-electron chi connectivity index (χ3n) is 5.51. The zero-order valence-electron chi connectivity index (χ0n) is 18.5. The van der Waals surface area contributed by atoms with Gasteiger partial charge in [-0.2, -0.15) is 0 Å².